The van der Waals surface area contributed by atoms with Gasteiger partial charge in [-0.3, -0.25) is 14.6 Å². The molecule has 0 atom stereocenters. The second-order valence-corrected chi connectivity index (χ2v) is 6.12. The first-order valence-corrected chi connectivity index (χ1v) is 8.88. The Balaban J connectivity index is 1.83. The zero-order chi connectivity index (χ0) is 19.6. The Hall–Kier alpha value is -3.09. The highest BCUT2D eigenvalue weighted by molar-refractivity contribution is 5.99. The summed E-state index contributed by atoms with van der Waals surface area (Å²) in [5, 5.41) is 2.79. The summed E-state index contributed by atoms with van der Waals surface area (Å²) in [7, 11) is 0. The SMILES string of the molecule is CCCCCC(=O)Nc1ccc(C(=O)COC(=O)c2cnc(C)cn2)cc1. The van der Waals surface area contributed by atoms with Crippen LogP contribution in [0.3, 0.4) is 0 Å². The number of Topliss-reactive ketones (excluding diaryl/α,β-unsaturated/α-hetero) is 1. The zero-order valence-electron chi connectivity index (χ0n) is 15.5. The number of ether oxygens (including phenoxy) is 1. The summed E-state index contributed by atoms with van der Waals surface area (Å²) in [6.45, 7) is 3.44. The van der Waals surface area contributed by atoms with E-state index in [1.165, 1.54) is 12.4 Å². The Morgan fingerprint density at radius 3 is 2.41 bits per heavy atom. The number of unbranched alkanes of at least 4 members (excludes halogenated alkanes) is 2. The third-order valence-electron chi connectivity index (χ3n) is 3.82. The Bertz CT molecular complexity index is 786. The number of benzene rings is 1. The normalized spacial score (nSPS) is 10.3. The number of ketones is 1. The van der Waals surface area contributed by atoms with Crippen LogP contribution in [0, 0.1) is 6.92 Å². The molecule has 1 N–H and O–H groups in total. The first kappa shape index (κ1) is 20.2. The first-order valence-electron chi connectivity index (χ1n) is 8.88. The van der Waals surface area contributed by atoms with E-state index >= 15 is 0 Å². The van der Waals surface area contributed by atoms with Gasteiger partial charge < -0.3 is 10.1 Å². The van der Waals surface area contributed by atoms with Gasteiger partial charge in [0.2, 0.25) is 5.91 Å². The van der Waals surface area contributed by atoms with Crippen LogP contribution in [0.2, 0.25) is 0 Å². The number of anilines is 1. The number of amides is 1. The average Bonchev–Trinajstić information content (AvgIpc) is 2.67. The standard InChI is InChI=1S/C20H23N3O4/c1-3-4-5-6-19(25)23-16-9-7-15(8-10-16)18(24)13-27-20(26)17-12-21-14(2)11-22-17/h7-12H,3-6,13H2,1-2H3,(H,23,25). The maximum absolute atomic E-state index is 12.1. The lowest BCUT2D eigenvalue weighted by atomic mass is 10.1. The minimum absolute atomic E-state index is 0.0457. The number of hydrogen-bond donors (Lipinski definition) is 1. The van der Waals surface area contributed by atoms with Crippen LogP contribution in [-0.2, 0) is 9.53 Å². The molecule has 1 heterocycles. The minimum atomic E-state index is -0.702. The van der Waals surface area contributed by atoms with Crippen molar-refractivity contribution in [3.05, 3.63) is 53.6 Å². The molecule has 0 radical (unpaired) electrons. The number of carbonyl (C=O) groups excluding carboxylic acids is 3. The van der Waals surface area contributed by atoms with Gasteiger partial charge in [-0.2, -0.15) is 0 Å². The van der Waals surface area contributed by atoms with Crippen LogP contribution in [0.25, 0.3) is 0 Å². The van der Waals surface area contributed by atoms with Crippen LogP contribution in [-0.4, -0.2) is 34.2 Å². The number of aryl methyl sites for hydroxylation is 1. The van der Waals surface area contributed by atoms with Gasteiger partial charge in [-0.15, -0.1) is 0 Å². The summed E-state index contributed by atoms with van der Waals surface area (Å²) in [6.07, 6.45) is 6.18. The molecule has 0 aliphatic rings. The fraction of sp³-hybridized carbons (Fsp3) is 0.350. The second kappa shape index (κ2) is 10.2. The van der Waals surface area contributed by atoms with E-state index in [4.69, 9.17) is 4.74 Å². The Kier molecular flexibility index (Phi) is 7.61. The average molecular weight is 369 g/mol. The molecule has 0 bridgehead atoms. The molecule has 7 nitrogen and oxygen atoms in total. The smallest absolute Gasteiger partial charge is 0.358 e. The molecule has 0 saturated carbocycles. The van der Waals surface area contributed by atoms with Gasteiger partial charge in [0.05, 0.1) is 11.9 Å². The van der Waals surface area contributed by atoms with E-state index in [9.17, 15) is 14.4 Å². The number of aromatic nitrogens is 2. The molecule has 2 rings (SSSR count). The van der Waals surface area contributed by atoms with Crippen molar-refractivity contribution in [3.8, 4) is 0 Å². The van der Waals surface area contributed by atoms with Crippen molar-refractivity contribution < 1.29 is 19.1 Å². The predicted octanol–water partition coefficient (Wildman–Crippen LogP) is 3.34. The number of esters is 1. The number of nitrogens with zero attached hydrogens (tertiary/aromatic N) is 2. The number of hydrogen-bond acceptors (Lipinski definition) is 6. The zero-order valence-corrected chi connectivity index (χ0v) is 15.5. The van der Waals surface area contributed by atoms with Gasteiger partial charge in [0.25, 0.3) is 0 Å². The topological polar surface area (TPSA) is 98.2 Å². The van der Waals surface area contributed by atoms with Crippen molar-refractivity contribution >= 4 is 23.3 Å². The molecule has 0 aliphatic carbocycles. The molecule has 0 aliphatic heterocycles. The molecular weight excluding hydrogens is 346 g/mol. The monoisotopic (exact) mass is 369 g/mol. The van der Waals surface area contributed by atoms with Gasteiger partial charge in [-0.1, -0.05) is 19.8 Å². The van der Waals surface area contributed by atoms with E-state index in [-0.39, 0.29) is 17.4 Å². The highest BCUT2D eigenvalue weighted by Gasteiger charge is 2.13. The van der Waals surface area contributed by atoms with Crippen molar-refractivity contribution in [2.45, 2.75) is 39.5 Å². The molecule has 0 spiro atoms. The van der Waals surface area contributed by atoms with Crippen LogP contribution >= 0.6 is 0 Å². The van der Waals surface area contributed by atoms with E-state index in [1.54, 1.807) is 31.2 Å². The first-order chi connectivity index (χ1) is 13.0. The largest absolute Gasteiger partial charge is 0.453 e. The minimum Gasteiger partial charge on any atom is -0.453 e. The summed E-state index contributed by atoms with van der Waals surface area (Å²) in [5.74, 6) is -1.09. The third-order valence-corrected chi connectivity index (χ3v) is 3.82. The Morgan fingerprint density at radius 2 is 1.78 bits per heavy atom. The maximum atomic E-state index is 12.1. The third kappa shape index (κ3) is 6.62. The quantitative estimate of drug-likeness (QED) is 0.413. The van der Waals surface area contributed by atoms with Crippen molar-refractivity contribution in [1.82, 2.24) is 9.97 Å². The summed E-state index contributed by atoms with van der Waals surface area (Å²) >= 11 is 0. The predicted molar refractivity (Wildman–Crippen MR) is 101 cm³/mol. The molecule has 142 valence electrons. The van der Waals surface area contributed by atoms with Gasteiger partial charge in [0.1, 0.15) is 0 Å². The number of rotatable bonds is 9. The highest BCUT2D eigenvalue weighted by Crippen LogP contribution is 2.12. The van der Waals surface area contributed by atoms with Crippen molar-refractivity contribution in [2.24, 2.45) is 0 Å². The van der Waals surface area contributed by atoms with Crippen LogP contribution in [0.15, 0.2) is 36.7 Å². The van der Waals surface area contributed by atoms with Gasteiger partial charge >= 0.3 is 5.97 Å². The molecule has 1 amide bonds. The van der Waals surface area contributed by atoms with Crippen LogP contribution in [0.1, 0.15) is 59.1 Å². The molecule has 7 heteroatoms. The van der Waals surface area contributed by atoms with Crippen molar-refractivity contribution in [2.75, 3.05) is 11.9 Å². The molecule has 0 saturated heterocycles. The van der Waals surface area contributed by atoms with Crippen molar-refractivity contribution in [1.29, 1.82) is 0 Å². The summed E-state index contributed by atoms with van der Waals surface area (Å²) < 4.78 is 4.97. The van der Waals surface area contributed by atoms with E-state index < -0.39 is 12.6 Å². The molecular formula is C20H23N3O4. The lowest BCUT2D eigenvalue weighted by Gasteiger charge is -2.07. The molecule has 1 aromatic carbocycles. The maximum Gasteiger partial charge on any atom is 0.358 e. The van der Waals surface area contributed by atoms with E-state index in [0.29, 0.717) is 23.4 Å². The van der Waals surface area contributed by atoms with E-state index in [0.717, 1.165) is 19.3 Å². The lowest BCUT2D eigenvalue weighted by Crippen LogP contribution is -2.16. The van der Waals surface area contributed by atoms with Crippen molar-refractivity contribution in [3.63, 3.8) is 0 Å². The Morgan fingerprint density at radius 1 is 1.04 bits per heavy atom. The van der Waals surface area contributed by atoms with Gasteiger partial charge in [-0.05, 0) is 37.6 Å². The molecule has 0 unspecified atom stereocenters. The molecule has 1 aromatic heterocycles. The van der Waals surface area contributed by atoms with Gasteiger partial charge in [0.15, 0.2) is 18.1 Å². The van der Waals surface area contributed by atoms with Gasteiger partial charge in [-0.25, -0.2) is 9.78 Å². The summed E-state index contributed by atoms with van der Waals surface area (Å²) in [6, 6.07) is 6.48. The van der Waals surface area contributed by atoms with Crippen LogP contribution in [0.5, 0.6) is 0 Å². The molecule has 0 fully saturated rings. The van der Waals surface area contributed by atoms with Crippen LogP contribution in [0.4, 0.5) is 5.69 Å². The van der Waals surface area contributed by atoms with E-state index in [1.807, 2.05) is 0 Å². The fourth-order valence-electron chi connectivity index (χ4n) is 2.28. The summed E-state index contributed by atoms with van der Waals surface area (Å²) in [4.78, 5) is 43.7. The van der Waals surface area contributed by atoms with Gasteiger partial charge in [0, 0.05) is 23.9 Å². The molecule has 2 aromatic rings. The molecule has 27 heavy (non-hydrogen) atoms. The Labute approximate surface area is 158 Å². The highest BCUT2D eigenvalue weighted by atomic mass is 16.5. The van der Waals surface area contributed by atoms with Crippen LogP contribution < -0.4 is 5.32 Å². The van der Waals surface area contributed by atoms with E-state index in [2.05, 4.69) is 22.2 Å². The fourth-order valence-corrected chi connectivity index (χ4v) is 2.28. The summed E-state index contributed by atoms with van der Waals surface area (Å²) in [5.41, 5.74) is 1.75. The second-order valence-electron chi connectivity index (χ2n) is 6.12. The lowest BCUT2D eigenvalue weighted by molar-refractivity contribution is -0.116. The number of nitrogens with one attached hydrogen (secondary N) is 1. The number of carbonyl (C=O) groups is 3.